The van der Waals surface area contributed by atoms with Crippen LogP contribution in [0.3, 0.4) is 0 Å². The summed E-state index contributed by atoms with van der Waals surface area (Å²) in [6.45, 7) is 22.9. The monoisotopic (exact) mass is 632 g/mol. The van der Waals surface area contributed by atoms with Gasteiger partial charge in [-0.1, -0.05) is 20.3 Å². The van der Waals surface area contributed by atoms with Gasteiger partial charge >= 0.3 is 185 Å². The van der Waals surface area contributed by atoms with E-state index in [2.05, 4.69) is 71.4 Å². The predicted molar refractivity (Wildman–Crippen MR) is 170 cm³/mol. The van der Waals surface area contributed by atoms with Gasteiger partial charge in [0.25, 0.3) is 0 Å². The van der Waals surface area contributed by atoms with Crippen LogP contribution >= 0.6 is 0 Å². The molecule has 0 aliphatic carbocycles. The Labute approximate surface area is 234 Å². The molecule has 0 saturated heterocycles. The SMILES string of the molecule is CCCCC(=O)CC.CCCCC(CC)(C/C=[CH]/[Sn]([CH2]CCC)([CH2]CCC)[CH2]CCC)O[Si](C)(C)C. The number of carbonyl (C=O) groups is 1. The van der Waals surface area contributed by atoms with E-state index < -0.39 is 26.7 Å². The number of unbranched alkanes of at least 4 members (excludes halogenated alkanes) is 5. The third kappa shape index (κ3) is 20.4. The van der Waals surface area contributed by atoms with Crippen molar-refractivity contribution in [3.63, 3.8) is 0 Å². The number of carbonyl (C=O) groups excluding carboxylic acids is 1. The predicted octanol–water partition coefficient (Wildman–Crippen LogP) is 11.7. The third-order valence-electron chi connectivity index (χ3n) is 7.40. The summed E-state index contributed by atoms with van der Waals surface area (Å²) in [6.07, 6.45) is 20.9. The molecule has 0 spiro atoms. The van der Waals surface area contributed by atoms with E-state index in [0.29, 0.717) is 12.2 Å². The molecule has 0 N–H and O–H groups in total. The zero-order chi connectivity index (χ0) is 27.9. The third-order valence-corrected chi connectivity index (χ3v) is 22.7. The molecule has 2 nitrogen and oxygen atoms in total. The van der Waals surface area contributed by atoms with Crippen molar-refractivity contribution in [3.8, 4) is 0 Å². The molecule has 0 aromatic heterocycles. The maximum atomic E-state index is 10.6. The summed E-state index contributed by atoms with van der Waals surface area (Å²) in [5, 5.41) is 0. The number of hydrogen-bond donors (Lipinski definition) is 0. The van der Waals surface area contributed by atoms with E-state index in [1.54, 1.807) is 13.3 Å². The van der Waals surface area contributed by atoms with Crippen molar-refractivity contribution in [1.82, 2.24) is 0 Å². The number of rotatable bonds is 22. The molecular weight excluding hydrogens is 563 g/mol. The summed E-state index contributed by atoms with van der Waals surface area (Å²) >= 11 is -2.16. The number of Topliss-reactive ketones (excluding diaryl/α,β-unsaturated/α-hetero) is 1. The van der Waals surface area contributed by atoms with Gasteiger partial charge in [-0.3, -0.25) is 4.79 Å². The van der Waals surface area contributed by atoms with Gasteiger partial charge in [0.1, 0.15) is 5.78 Å². The van der Waals surface area contributed by atoms with Crippen LogP contribution in [0.2, 0.25) is 33.0 Å². The molecule has 0 aromatic carbocycles. The van der Waals surface area contributed by atoms with Crippen LogP contribution in [-0.2, 0) is 9.22 Å². The molecule has 0 aromatic rings. The van der Waals surface area contributed by atoms with Gasteiger partial charge < -0.3 is 0 Å². The molecule has 4 heteroatoms. The van der Waals surface area contributed by atoms with Crippen LogP contribution in [0.5, 0.6) is 0 Å². The van der Waals surface area contributed by atoms with Crippen LogP contribution in [0.4, 0.5) is 0 Å². The summed E-state index contributed by atoms with van der Waals surface area (Å²) in [5.74, 6) is 0.395. The van der Waals surface area contributed by atoms with Gasteiger partial charge in [-0.15, -0.1) is 0 Å². The Hall–Kier alpha value is 0.386. The summed E-state index contributed by atoms with van der Waals surface area (Å²) in [4.78, 5) is 10.6. The van der Waals surface area contributed by atoms with Crippen LogP contribution in [0, 0.1) is 0 Å². The van der Waals surface area contributed by atoms with Crippen molar-refractivity contribution in [3.05, 3.63) is 10.2 Å². The quantitative estimate of drug-likeness (QED) is 0.111. The van der Waals surface area contributed by atoms with Crippen LogP contribution in [0.25, 0.3) is 0 Å². The van der Waals surface area contributed by atoms with E-state index in [9.17, 15) is 4.79 Å². The molecule has 1 atom stereocenters. The molecule has 36 heavy (non-hydrogen) atoms. The Kier molecular flexibility index (Phi) is 24.9. The van der Waals surface area contributed by atoms with Crippen molar-refractivity contribution < 1.29 is 9.22 Å². The molecule has 0 radical (unpaired) electrons. The second-order valence-corrected chi connectivity index (χ2v) is 29.6. The van der Waals surface area contributed by atoms with Crippen LogP contribution in [0.1, 0.15) is 145 Å². The molecule has 0 fully saturated rings. The second-order valence-electron chi connectivity index (χ2n) is 12.1. The van der Waals surface area contributed by atoms with Crippen molar-refractivity contribution in [2.45, 2.75) is 183 Å². The van der Waals surface area contributed by atoms with Gasteiger partial charge in [0.05, 0.1) is 0 Å². The van der Waals surface area contributed by atoms with Crippen LogP contribution < -0.4 is 0 Å². The first-order valence-corrected chi connectivity index (χ1v) is 27.0. The standard InChI is InChI=1S/C13H27OSi.C7H14O.3C4H9.Sn/c1-7-10-12-13(9-3,11-8-2)14-15(4,5)6;1-3-5-6-7(8)4-2;3*1-3-4-2;/h2,8H,7,9-12H2,1,3-6H3;3-6H2,1-2H3;3*1,3-4H2,2H3;. The first kappa shape index (κ1) is 38.5. The maximum absolute atomic E-state index is 10.6. The first-order valence-electron chi connectivity index (χ1n) is 15.9. The summed E-state index contributed by atoms with van der Waals surface area (Å²) in [7, 11) is -1.54. The van der Waals surface area contributed by atoms with E-state index in [1.165, 1.54) is 57.8 Å². The van der Waals surface area contributed by atoms with Gasteiger partial charge in [-0.2, -0.15) is 0 Å². The molecular formula is C32H68O2SiSn. The molecule has 0 heterocycles. The van der Waals surface area contributed by atoms with Crippen molar-refractivity contribution >= 4 is 32.5 Å². The van der Waals surface area contributed by atoms with Gasteiger partial charge in [0.2, 0.25) is 0 Å². The molecule has 0 aliphatic rings. The summed E-state index contributed by atoms with van der Waals surface area (Å²) in [5.41, 5.74) is 0.0921. The van der Waals surface area contributed by atoms with E-state index in [0.717, 1.165) is 32.1 Å². The molecule has 0 rings (SSSR count). The molecule has 0 amide bonds. The van der Waals surface area contributed by atoms with E-state index >= 15 is 0 Å². The van der Waals surface area contributed by atoms with Crippen molar-refractivity contribution in [2.75, 3.05) is 0 Å². The number of ketones is 1. The zero-order valence-corrected chi connectivity index (χ0v) is 30.6. The Morgan fingerprint density at radius 3 is 1.58 bits per heavy atom. The molecule has 1 unspecified atom stereocenters. The molecule has 0 aliphatic heterocycles. The van der Waals surface area contributed by atoms with Crippen LogP contribution in [0.15, 0.2) is 10.2 Å². The van der Waals surface area contributed by atoms with E-state index in [4.69, 9.17) is 4.43 Å². The molecule has 216 valence electrons. The zero-order valence-electron chi connectivity index (χ0n) is 26.7. The fourth-order valence-corrected chi connectivity index (χ4v) is 21.0. The first-order chi connectivity index (χ1) is 17.0. The van der Waals surface area contributed by atoms with Gasteiger partial charge in [-0.25, -0.2) is 0 Å². The minimum absolute atomic E-state index is 0.0921. The van der Waals surface area contributed by atoms with Gasteiger partial charge in [-0.05, 0) is 6.42 Å². The van der Waals surface area contributed by atoms with Crippen LogP contribution in [-0.4, -0.2) is 38.1 Å². The Morgan fingerprint density at radius 2 is 1.22 bits per heavy atom. The number of hydrogen-bond acceptors (Lipinski definition) is 2. The average molecular weight is 632 g/mol. The van der Waals surface area contributed by atoms with Gasteiger partial charge in [0, 0.05) is 12.8 Å². The van der Waals surface area contributed by atoms with Crippen molar-refractivity contribution in [1.29, 1.82) is 0 Å². The van der Waals surface area contributed by atoms with Crippen molar-refractivity contribution in [2.24, 2.45) is 0 Å². The minimum atomic E-state index is -2.16. The average Bonchev–Trinajstić information content (AvgIpc) is 2.85. The topological polar surface area (TPSA) is 26.3 Å². The Morgan fingerprint density at radius 1 is 0.750 bits per heavy atom. The second kappa shape index (κ2) is 23.3. The van der Waals surface area contributed by atoms with Gasteiger partial charge in [0.15, 0.2) is 0 Å². The Bertz CT molecular complexity index is 519. The molecule has 0 bridgehead atoms. The summed E-state index contributed by atoms with van der Waals surface area (Å²) in [6, 6.07) is 0. The fraction of sp³-hybridized carbons (Fsp3) is 0.906. The fourth-order valence-electron chi connectivity index (χ4n) is 5.02. The normalized spacial score (nSPS) is 13.9. The van der Waals surface area contributed by atoms with E-state index in [1.807, 2.05) is 6.92 Å². The Balaban J connectivity index is 0. The van der Waals surface area contributed by atoms with E-state index in [-0.39, 0.29) is 5.60 Å². The molecule has 0 saturated carbocycles. The summed E-state index contributed by atoms with van der Waals surface area (Å²) < 4.78 is 14.4.